The third kappa shape index (κ3) is 1.86. The maximum absolute atomic E-state index is 9.62. The second-order valence-electron chi connectivity index (χ2n) is 5.35. The Kier molecular flexibility index (Phi) is 3.07. The Morgan fingerprint density at radius 1 is 1.42 bits per heavy atom. The van der Waals surface area contributed by atoms with E-state index < -0.39 is 0 Å². The van der Waals surface area contributed by atoms with Gasteiger partial charge in [0.2, 0.25) is 0 Å². The van der Waals surface area contributed by atoms with Crippen LogP contribution in [0.3, 0.4) is 0 Å². The predicted octanol–water partition coefficient (Wildman–Crippen LogP) is 2.42. The van der Waals surface area contributed by atoms with Gasteiger partial charge in [-0.3, -0.25) is 0 Å². The highest BCUT2D eigenvalue weighted by Gasteiger charge is 2.46. The highest BCUT2D eigenvalue weighted by atomic mass is 16.5. The van der Waals surface area contributed by atoms with E-state index in [2.05, 4.69) is 24.0 Å². The molecule has 1 unspecified atom stereocenters. The Hall–Kier alpha value is -1.39. The molecule has 1 N–H and O–H groups in total. The van der Waals surface area contributed by atoms with Gasteiger partial charge in [-0.15, -0.1) is 0 Å². The molecule has 0 saturated carbocycles. The Morgan fingerprint density at radius 3 is 2.79 bits per heavy atom. The zero-order chi connectivity index (χ0) is 13.5. The highest BCUT2D eigenvalue weighted by molar-refractivity contribution is 5.74. The Labute approximate surface area is 112 Å². The van der Waals surface area contributed by atoms with Crippen molar-refractivity contribution in [2.45, 2.75) is 25.7 Å². The van der Waals surface area contributed by atoms with Crippen LogP contribution in [0.4, 0.5) is 0 Å². The first kappa shape index (κ1) is 12.6. The van der Waals surface area contributed by atoms with Gasteiger partial charge in [-0.25, -0.2) is 4.98 Å². The van der Waals surface area contributed by atoms with Gasteiger partial charge in [0.25, 0.3) is 0 Å². The third-order valence-corrected chi connectivity index (χ3v) is 4.28. The van der Waals surface area contributed by atoms with Gasteiger partial charge in [0, 0.05) is 18.9 Å². The van der Waals surface area contributed by atoms with Crippen LogP contribution in [0.1, 0.15) is 24.8 Å². The van der Waals surface area contributed by atoms with Gasteiger partial charge >= 0.3 is 0 Å². The maximum Gasteiger partial charge on any atom is 0.192 e. The molecule has 4 nitrogen and oxygen atoms in total. The van der Waals surface area contributed by atoms with Crippen molar-refractivity contribution in [3.05, 3.63) is 29.7 Å². The lowest BCUT2D eigenvalue weighted by Gasteiger charge is -2.47. The van der Waals surface area contributed by atoms with E-state index in [1.807, 2.05) is 13.0 Å². The van der Waals surface area contributed by atoms with Crippen molar-refractivity contribution >= 4 is 11.1 Å². The van der Waals surface area contributed by atoms with E-state index in [4.69, 9.17) is 9.15 Å². The minimum atomic E-state index is -0.0649. The Morgan fingerprint density at radius 2 is 2.21 bits per heavy atom. The number of hydrogen-bond acceptors (Lipinski definition) is 4. The monoisotopic (exact) mass is 261 g/mol. The van der Waals surface area contributed by atoms with E-state index in [9.17, 15) is 5.11 Å². The molecule has 1 aliphatic heterocycles. The van der Waals surface area contributed by atoms with Crippen molar-refractivity contribution in [1.82, 2.24) is 4.98 Å². The number of benzene rings is 1. The van der Waals surface area contributed by atoms with Gasteiger partial charge in [-0.2, -0.15) is 0 Å². The normalized spacial score (nSPS) is 19.3. The summed E-state index contributed by atoms with van der Waals surface area (Å²) >= 11 is 0. The lowest BCUT2D eigenvalue weighted by Crippen LogP contribution is -2.53. The smallest absolute Gasteiger partial charge is 0.192 e. The van der Waals surface area contributed by atoms with Crippen LogP contribution < -0.4 is 0 Å². The van der Waals surface area contributed by atoms with Crippen LogP contribution in [0.25, 0.3) is 11.1 Å². The molecule has 1 aliphatic rings. The molecule has 0 spiro atoms. The molecule has 19 heavy (non-hydrogen) atoms. The number of hydrogen-bond donors (Lipinski definition) is 1. The van der Waals surface area contributed by atoms with Gasteiger partial charge in [0.1, 0.15) is 5.52 Å². The molecule has 1 atom stereocenters. The number of aliphatic hydroxyl groups is 1. The van der Waals surface area contributed by atoms with E-state index >= 15 is 0 Å². The quantitative estimate of drug-likeness (QED) is 0.918. The van der Waals surface area contributed by atoms with Crippen molar-refractivity contribution < 1.29 is 14.3 Å². The van der Waals surface area contributed by atoms with Crippen LogP contribution >= 0.6 is 0 Å². The van der Waals surface area contributed by atoms with Crippen molar-refractivity contribution in [3.63, 3.8) is 0 Å². The number of aliphatic hydroxyl groups excluding tert-OH is 1. The van der Waals surface area contributed by atoms with Crippen LogP contribution in [0, 0.1) is 12.8 Å². The van der Waals surface area contributed by atoms with E-state index in [1.165, 1.54) is 5.56 Å². The summed E-state index contributed by atoms with van der Waals surface area (Å²) in [7, 11) is 0. The number of oxazole rings is 1. The van der Waals surface area contributed by atoms with Gasteiger partial charge in [0.15, 0.2) is 11.5 Å². The predicted molar refractivity (Wildman–Crippen MR) is 72.1 cm³/mol. The first-order valence-corrected chi connectivity index (χ1v) is 6.76. The summed E-state index contributed by atoms with van der Waals surface area (Å²) in [6, 6.07) is 6.12. The minimum absolute atomic E-state index is 0.0649. The second kappa shape index (κ2) is 4.62. The molecule has 4 heteroatoms. The maximum atomic E-state index is 9.62. The first-order valence-electron chi connectivity index (χ1n) is 6.76. The molecule has 2 aromatic rings. The fourth-order valence-corrected chi connectivity index (χ4v) is 3.01. The zero-order valence-electron chi connectivity index (χ0n) is 11.3. The van der Waals surface area contributed by atoms with E-state index in [1.54, 1.807) is 0 Å². The average Bonchev–Trinajstić information content (AvgIpc) is 2.72. The SMILES string of the molecule is CCC(CO)C1(c2ccc3oc(C)nc3c2)COC1. The summed E-state index contributed by atoms with van der Waals surface area (Å²) < 4.78 is 10.9. The number of nitrogens with zero attached hydrogens (tertiary/aromatic N) is 1. The van der Waals surface area contributed by atoms with Crippen LogP contribution in [0.15, 0.2) is 22.6 Å². The fraction of sp³-hybridized carbons (Fsp3) is 0.533. The molecule has 0 aliphatic carbocycles. The summed E-state index contributed by atoms with van der Waals surface area (Å²) in [4.78, 5) is 4.39. The average molecular weight is 261 g/mol. The summed E-state index contributed by atoms with van der Waals surface area (Å²) in [5.74, 6) is 0.909. The van der Waals surface area contributed by atoms with Gasteiger partial charge < -0.3 is 14.3 Å². The molecule has 1 aromatic carbocycles. The molecule has 0 bridgehead atoms. The molecule has 0 radical (unpaired) electrons. The standard InChI is InChI=1S/C15H19NO3/c1-3-11(7-17)15(8-18-9-15)12-4-5-14-13(6-12)16-10(2)19-14/h4-6,11,17H,3,7-9H2,1-2H3. The van der Waals surface area contributed by atoms with E-state index in [0.717, 1.165) is 17.5 Å². The van der Waals surface area contributed by atoms with Gasteiger partial charge in [-0.05, 0) is 23.6 Å². The summed E-state index contributed by atoms with van der Waals surface area (Å²) in [5.41, 5.74) is 2.83. The van der Waals surface area contributed by atoms with Crippen LogP contribution in [-0.4, -0.2) is 29.9 Å². The Bertz CT molecular complexity index is 582. The van der Waals surface area contributed by atoms with E-state index in [-0.39, 0.29) is 17.9 Å². The molecule has 1 aromatic heterocycles. The second-order valence-corrected chi connectivity index (χ2v) is 5.35. The molecule has 1 saturated heterocycles. The first-order chi connectivity index (χ1) is 9.19. The number of aromatic nitrogens is 1. The molecular weight excluding hydrogens is 242 g/mol. The molecule has 0 amide bonds. The largest absolute Gasteiger partial charge is 0.441 e. The molecule has 102 valence electrons. The molecule has 2 heterocycles. The van der Waals surface area contributed by atoms with Gasteiger partial charge in [0.05, 0.1) is 13.2 Å². The molecular formula is C15H19NO3. The highest BCUT2D eigenvalue weighted by Crippen LogP contribution is 2.41. The Balaban J connectivity index is 2.05. The summed E-state index contributed by atoms with van der Waals surface area (Å²) in [6.07, 6.45) is 0.940. The van der Waals surface area contributed by atoms with Crippen LogP contribution in [-0.2, 0) is 10.2 Å². The zero-order valence-corrected chi connectivity index (χ0v) is 11.3. The van der Waals surface area contributed by atoms with Crippen LogP contribution in [0.2, 0.25) is 0 Å². The summed E-state index contributed by atoms with van der Waals surface area (Å²) in [5, 5.41) is 9.62. The number of rotatable bonds is 4. The molecule has 3 rings (SSSR count). The third-order valence-electron chi connectivity index (χ3n) is 4.28. The number of fused-ring (bicyclic) bond motifs is 1. The van der Waals surface area contributed by atoms with Crippen molar-refractivity contribution in [2.24, 2.45) is 5.92 Å². The van der Waals surface area contributed by atoms with Crippen molar-refractivity contribution in [2.75, 3.05) is 19.8 Å². The number of aryl methyl sites for hydroxylation is 1. The topological polar surface area (TPSA) is 55.5 Å². The minimum Gasteiger partial charge on any atom is -0.441 e. The summed E-state index contributed by atoms with van der Waals surface area (Å²) in [6.45, 7) is 5.50. The van der Waals surface area contributed by atoms with Gasteiger partial charge in [-0.1, -0.05) is 19.4 Å². The van der Waals surface area contributed by atoms with Crippen molar-refractivity contribution in [3.8, 4) is 0 Å². The fourth-order valence-electron chi connectivity index (χ4n) is 3.01. The molecule has 1 fully saturated rings. The van der Waals surface area contributed by atoms with Crippen LogP contribution in [0.5, 0.6) is 0 Å². The van der Waals surface area contributed by atoms with E-state index in [0.29, 0.717) is 19.1 Å². The lowest BCUT2D eigenvalue weighted by atomic mass is 9.68. The van der Waals surface area contributed by atoms with Crippen molar-refractivity contribution in [1.29, 1.82) is 0 Å². The number of ether oxygens (including phenoxy) is 1. The lowest BCUT2D eigenvalue weighted by molar-refractivity contribution is -0.101.